The SMILES string of the molecule is C=C(C(=O)O)C(CCCC#CCCC)C(=O)O. The van der Waals surface area contributed by atoms with E-state index in [9.17, 15) is 9.59 Å². The third-order valence-electron chi connectivity index (χ3n) is 2.29. The number of hydrogen-bond donors (Lipinski definition) is 2. The van der Waals surface area contributed by atoms with Gasteiger partial charge in [0, 0.05) is 18.4 Å². The van der Waals surface area contributed by atoms with E-state index in [1.165, 1.54) is 0 Å². The molecule has 0 aromatic heterocycles. The molecule has 0 aromatic carbocycles. The van der Waals surface area contributed by atoms with Gasteiger partial charge in [-0.2, -0.15) is 0 Å². The van der Waals surface area contributed by atoms with Crippen LogP contribution in [0.3, 0.4) is 0 Å². The van der Waals surface area contributed by atoms with Gasteiger partial charge in [0.25, 0.3) is 0 Å². The normalized spacial score (nSPS) is 11.1. The Balaban J connectivity index is 4.13. The van der Waals surface area contributed by atoms with E-state index < -0.39 is 17.9 Å². The third kappa shape index (κ3) is 6.41. The van der Waals surface area contributed by atoms with Gasteiger partial charge in [0.2, 0.25) is 0 Å². The summed E-state index contributed by atoms with van der Waals surface area (Å²) >= 11 is 0. The third-order valence-corrected chi connectivity index (χ3v) is 2.29. The summed E-state index contributed by atoms with van der Waals surface area (Å²) in [7, 11) is 0. The first-order valence-electron chi connectivity index (χ1n) is 5.61. The van der Waals surface area contributed by atoms with Crippen molar-refractivity contribution in [3.63, 3.8) is 0 Å². The maximum absolute atomic E-state index is 10.9. The van der Waals surface area contributed by atoms with Gasteiger partial charge in [-0.15, -0.1) is 11.8 Å². The molecule has 0 heterocycles. The second kappa shape index (κ2) is 8.40. The van der Waals surface area contributed by atoms with Gasteiger partial charge in [-0.05, 0) is 19.3 Å². The zero-order valence-corrected chi connectivity index (χ0v) is 10.0. The van der Waals surface area contributed by atoms with Crippen LogP contribution in [0.4, 0.5) is 0 Å². The van der Waals surface area contributed by atoms with Crippen LogP contribution in [0.15, 0.2) is 12.2 Å². The molecule has 17 heavy (non-hydrogen) atoms. The number of carboxylic acids is 2. The molecule has 0 aliphatic carbocycles. The molecule has 0 saturated heterocycles. The molecule has 0 aliphatic heterocycles. The van der Waals surface area contributed by atoms with Crippen molar-refractivity contribution in [3.05, 3.63) is 12.2 Å². The summed E-state index contributed by atoms with van der Waals surface area (Å²) in [5.41, 5.74) is -0.265. The highest BCUT2D eigenvalue weighted by molar-refractivity contribution is 5.93. The van der Waals surface area contributed by atoms with E-state index in [4.69, 9.17) is 10.2 Å². The van der Waals surface area contributed by atoms with Crippen molar-refractivity contribution in [3.8, 4) is 11.8 Å². The summed E-state index contributed by atoms with van der Waals surface area (Å²) in [6.07, 6.45) is 3.27. The largest absolute Gasteiger partial charge is 0.481 e. The standard InChI is InChI=1S/C13H18O4/c1-3-4-5-6-7-8-9-11(13(16)17)10(2)12(14)15/h11H,2-4,7-9H2,1H3,(H,14,15)(H,16,17). The first kappa shape index (κ1) is 15.2. The summed E-state index contributed by atoms with van der Waals surface area (Å²) in [5.74, 6) is 2.47. The summed E-state index contributed by atoms with van der Waals surface area (Å²) in [5, 5.41) is 17.6. The van der Waals surface area contributed by atoms with Crippen molar-refractivity contribution in [2.24, 2.45) is 5.92 Å². The van der Waals surface area contributed by atoms with Crippen LogP contribution in [0.5, 0.6) is 0 Å². The number of unbranched alkanes of at least 4 members (excludes halogenated alkanes) is 2. The Hall–Kier alpha value is -1.76. The van der Waals surface area contributed by atoms with Crippen LogP contribution < -0.4 is 0 Å². The molecule has 0 aromatic rings. The van der Waals surface area contributed by atoms with E-state index in [2.05, 4.69) is 18.4 Å². The molecule has 0 radical (unpaired) electrons. The second-order valence-electron chi connectivity index (χ2n) is 3.72. The molecule has 0 saturated carbocycles. The minimum absolute atomic E-state index is 0.265. The van der Waals surface area contributed by atoms with Gasteiger partial charge in [0.15, 0.2) is 0 Å². The van der Waals surface area contributed by atoms with Crippen molar-refractivity contribution < 1.29 is 19.8 Å². The molecule has 2 N–H and O–H groups in total. The first-order valence-corrected chi connectivity index (χ1v) is 5.61. The van der Waals surface area contributed by atoms with Gasteiger partial charge in [-0.25, -0.2) is 4.79 Å². The van der Waals surface area contributed by atoms with E-state index in [0.29, 0.717) is 12.8 Å². The van der Waals surface area contributed by atoms with E-state index in [-0.39, 0.29) is 12.0 Å². The Kier molecular flexibility index (Phi) is 7.53. The van der Waals surface area contributed by atoms with Gasteiger partial charge < -0.3 is 10.2 Å². The van der Waals surface area contributed by atoms with Gasteiger partial charge in [0.1, 0.15) is 0 Å². The highest BCUT2D eigenvalue weighted by Gasteiger charge is 2.24. The Morgan fingerprint density at radius 1 is 1.24 bits per heavy atom. The van der Waals surface area contributed by atoms with E-state index in [0.717, 1.165) is 12.8 Å². The Morgan fingerprint density at radius 2 is 1.82 bits per heavy atom. The summed E-state index contributed by atoms with van der Waals surface area (Å²) < 4.78 is 0. The van der Waals surface area contributed by atoms with Crippen LogP contribution in [-0.4, -0.2) is 22.2 Å². The Bertz CT molecular complexity index is 346. The molecule has 0 aliphatic rings. The first-order chi connectivity index (χ1) is 8.00. The zero-order chi connectivity index (χ0) is 13.3. The van der Waals surface area contributed by atoms with Gasteiger partial charge in [0.05, 0.1) is 5.92 Å². The average Bonchev–Trinajstić information content (AvgIpc) is 2.26. The van der Waals surface area contributed by atoms with Crippen LogP contribution in [0.25, 0.3) is 0 Å². The molecule has 0 amide bonds. The molecule has 1 atom stereocenters. The van der Waals surface area contributed by atoms with Crippen LogP contribution in [0.1, 0.15) is 39.0 Å². The fourth-order valence-electron chi connectivity index (χ4n) is 1.29. The van der Waals surface area contributed by atoms with Gasteiger partial charge in [-0.1, -0.05) is 13.5 Å². The highest BCUT2D eigenvalue weighted by atomic mass is 16.4. The molecule has 94 valence electrons. The van der Waals surface area contributed by atoms with Crippen LogP contribution in [0, 0.1) is 17.8 Å². The second-order valence-corrected chi connectivity index (χ2v) is 3.72. The number of aliphatic carboxylic acids is 2. The molecule has 0 bridgehead atoms. The lowest BCUT2D eigenvalue weighted by Crippen LogP contribution is -2.20. The van der Waals surface area contributed by atoms with E-state index in [1.54, 1.807) is 0 Å². The highest BCUT2D eigenvalue weighted by Crippen LogP contribution is 2.17. The maximum Gasteiger partial charge on any atom is 0.331 e. The van der Waals surface area contributed by atoms with Crippen molar-refractivity contribution in [1.29, 1.82) is 0 Å². The Labute approximate surface area is 101 Å². The summed E-state index contributed by atoms with van der Waals surface area (Å²) in [4.78, 5) is 21.5. The van der Waals surface area contributed by atoms with Crippen molar-refractivity contribution >= 4 is 11.9 Å². The smallest absolute Gasteiger partial charge is 0.331 e. The van der Waals surface area contributed by atoms with E-state index >= 15 is 0 Å². The average molecular weight is 238 g/mol. The van der Waals surface area contributed by atoms with E-state index in [1.807, 2.05) is 6.92 Å². The molecule has 0 rings (SSSR count). The van der Waals surface area contributed by atoms with Crippen LogP contribution >= 0.6 is 0 Å². The Morgan fingerprint density at radius 3 is 2.29 bits per heavy atom. The molecule has 1 unspecified atom stereocenters. The van der Waals surface area contributed by atoms with Crippen molar-refractivity contribution in [2.75, 3.05) is 0 Å². The van der Waals surface area contributed by atoms with Crippen molar-refractivity contribution in [1.82, 2.24) is 0 Å². The molecular weight excluding hydrogens is 220 g/mol. The lowest BCUT2D eigenvalue weighted by Gasteiger charge is -2.10. The van der Waals surface area contributed by atoms with Crippen LogP contribution in [0.2, 0.25) is 0 Å². The van der Waals surface area contributed by atoms with Crippen LogP contribution in [-0.2, 0) is 9.59 Å². The monoisotopic (exact) mass is 238 g/mol. The molecular formula is C13H18O4. The number of carbonyl (C=O) groups is 2. The maximum atomic E-state index is 10.9. The number of carboxylic acid groups (broad SMARTS) is 2. The number of hydrogen-bond acceptors (Lipinski definition) is 2. The minimum Gasteiger partial charge on any atom is -0.481 e. The van der Waals surface area contributed by atoms with Gasteiger partial charge >= 0.3 is 11.9 Å². The molecule has 0 spiro atoms. The minimum atomic E-state index is -1.26. The number of rotatable bonds is 7. The van der Waals surface area contributed by atoms with Gasteiger partial charge in [-0.3, -0.25) is 4.79 Å². The topological polar surface area (TPSA) is 74.6 Å². The summed E-state index contributed by atoms with van der Waals surface area (Å²) in [6, 6.07) is 0. The zero-order valence-electron chi connectivity index (χ0n) is 10.0. The predicted molar refractivity (Wildman–Crippen MR) is 64.4 cm³/mol. The molecule has 4 heteroatoms. The van der Waals surface area contributed by atoms with Crippen molar-refractivity contribution in [2.45, 2.75) is 39.0 Å². The lowest BCUT2D eigenvalue weighted by molar-refractivity contribution is -0.144. The lowest BCUT2D eigenvalue weighted by atomic mass is 9.94. The fourth-order valence-corrected chi connectivity index (χ4v) is 1.29. The molecule has 0 fully saturated rings. The quantitative estimate of drug-likeness (QED) is 0.405. The fraction of sp³-hybridized carbons (Fsp3) is 0.538. The predicted octanol–water partition coefficient (Wildman–Crippen LogP) is 2.30. The summed E-state index contributed by atoms with van der Waals surface area (Å²) in [6.45, 7) is 5.32. The molecule has 4 nitrogen and oxygen atoms in total.